The Morgan fingerprint density at radius 3 is 2.50 bits per heavy atom. The van der Waals surface area contributed by atoms with Gasteiger partial charge in [-0.05, 0) is 24.3 Å². The second-order valence-corrected chi connectivity index (χ2v) is 5.50. The van der Waals surface area contributed by atoms with E-state index in [1.165, 1.54) is 19.2 Å². The van der Waals surface area contributed by atoms with Crippen LogP contribution in [0.4, 0.5) is 14.5 Å². The Hall–Kier alpha value is -1.89. The molecule has 1 amide bonds. The Morgan fingerprint density at radius 2 is 1.83 bits per heavy atom. The summed E-state index contributed by atoms with van der Waals surface area (Å²) in [5.74, 6) is -2.10. The van der Waals surface area contributed by atoms with Gasteiger partial charge in [0.2, 0.25) is 0 Å². The van der Waals surface area contributed by atoms with Gasteiger partial charge in [0.15, 0.2) is 11.6 Å². The molecule has 0 radical (unpaired) electrons. The highest BCUT2D eigenvalue weighted by atomic mass is 35.5. The van der Waals surface area contributed by atoms with Crippen LogP contribution in [0.2, 0.25) is 10.0 Å². The number of ether oxygens (including phenoxy) is 2. The van der Waals surface area contributed by atoms with Crippen LogP contribution in [0.5, 0.6) is 5.75 Å². The van der Waals surface area contributed by atoms with E-state index in [9.17, 15) is 13.6 Å². The quantitative estimate of drug-likeness (QED) is 0.595. The summed E-state index contributed by atoms with van der Waals surface area (Å²) < 4.78 is 37.3. The fourth-order valence-corrected chi connectivity index (χ4v) is 2.29. The van der Waals surface area contributed by atoms with E-state index in [1.807, 2.05) is 0 Å². The van der Waals surface area contributed by atoms with Crippen molar-refractivity contribution >= 4 is 34.8 Å². The molecule has 0 aliphatic carbocycles. The van der Waals surface area contributed by atoms with Crippen molar-refractivity contribution in [3.8, 4) is 5.75 Å². The first kappa shape index (κ1) is 18.4. The van der Waals surface area contributed by atoms with Gasteiger partial charge in [0, 0.05) is 18.9 Å². The van der Waals surface area contributed by atoms with Crippen molar-refractivity contribution in [2.24, 2.45) is 0 Å². The lowest BCUT2D eigenvalue weighted by molar-refractivity contribution is 0.102. The molecule has 8 heteroatoms. The van der Waals surface area contributed by atoms with E-state index >= 15 is 0 Å². The largest absolute Gasteiger partial charge is 0.488 e. The second kappa shape index (κ2) is 8.28. The van der Waals surface area contributed by atoms with Crippen molar-refractivity contribution in [2.45, 2.75) is 0 Å². The molecule has 0 unspecified atom stereocenters. The number of rotatable bonds is 6. The van der Waals surface area contributed by atoms with Crippen LogP contribution in [-0.2, 0) is 4.74 Å². The summed E-state index contributed by atoms with van der Waals surface area (Å²) in [6, 6.07) is 5.94. The first-order valence-electron chi connectivity index (χ1n) is 6.79. The highest BCUT2D eigenvalue weighted by molar-refractivity contribution is 6.37. The van der Waals surface area contributed by atoms with E-state index in [-0.39, 0.29) is 33.7 Å². The average molecular weight is 376 g/mol. The number of benzene rings is 2. The van der Waals surface area contributed by atoms with Crippen LogP contribution in [0.25, 0.3) is 0 Å². The summed E-state index contributed by atoms with van der Waals surface area (Å²) >= 11 is 11.4. The van der Waals surface area contributed by atoms with Crippen LogP contribution in [0, 0.1) is 11.6 Å². The number of carbonyl (C=O) groups excluding carboxylic acids is 1. The Bertz CT molecular complexity index is 756. The number of hydrogen-bond donors (Lipinski definition) is 1. The molecular formula is C16H13Cl2F2NO3. The van der Waals surface area contributed by atoms with Gasteiger partial charge in [0.25, 0.3) is 5.91 Å². The highest BCUT2D eigenvalue weighted by Crippen LogP contribution is 2.26. The van der Waals surface area contributed by atoms with E-state index in [4.69, 9.17) is 32.7 Å². The fraction of sp³-hybridized carbons (Fsp3) is 0.188. The molecule has 0 atom stereocenters. The molecular weight excluding hydrogens is 363 g/mol. The Balaban J connectivity index is 2.12. The predicted molar refractivity (Wildman–Crippen MR) is 88.1 cm³/mol. The molecule has 0 heterocycles. The smallest absolute Gasteiger partial charge is 0.257 e. The van der Waals surface area contributed by atoms with E-state index < -0.39 is 17.5 Å². The molecule has 2 rings (SSSR count). The van der Waals surface area contributed by atoms with Crippen LogP contribution < -0.4 is 10.1 Å². The zero-order valence-corrected chi connectivity index (χ0v) is 14.0. The summed E-state index contributed by atoms with van der Waals surface area (Å²) in [6.45, 7) is 0.511. The number of methoxy groups -OCH3 is 1. The van der Waals surface area contributed by atoms with Gasteiger partial charge in [-0.3, -0.25) is 4.79 Å². The van der Waals surface area contributed by atoms with Crippen molar-refractivity contribution in [3.05, 3.63) is 57.6 Å². The van der Waals surface area contributed by atoms with Crippen LogP contribution in [-0.4, -0.2) is 26.2 Å². The second-order valence-electron chi connectivity index (χ2n) is 4.69. The molecule has 0 aromatic heterocycles. The lowest BCUT2D eigenvalue weighted by Gasteiger charge is -2.10. The van der Waals surface area contributed by atoms with Gasteiger partial charge in [-0.1, -0.05) is 23.2 Å². The SMILES string of the molecule is COCCOc1ccc(NC(=O)c2cc(F)c(Cl)cc2Cl)cc1F. The third-order valence-electron chi connectivity index (χ3n) is 2.99. The first-order chi connectivity index (χ1) is 11.4. The number of amides is 1. The van der Waals surface area contributed by atoms with Crippen molar-refractivity contribution < 1.29 is 23.0 Å². The Labute approximate surface area is 147 Å². The third-order valence-corrected chi connectivity index (χ3v) is 3.59. The van der Waals surface area contributed by atoms with Crippen molar-refractivity contribution in [3.63, 3.8) is 0 Å². The summed E-state index contributed by atoms with van der Waals surface area (Å²) in [4.78, 5) is 12.1. The van der Waals surface area contributed by atoms with Crippen LogP contribution >= 0.6 is 23.2 Å². The first-order valence-corrected chi connectivity index (χ1v) is 7.55. The van der Waals surface area contributed by atoms with E-state index in [0.717, 1.165) is 18.2 Å². The van der Waals surface area contributed by atoms with Crippen molar-refractivity contribution in [1.82, 2.24) is 0 Å². The topological polar surface area (TPSA) is 47.6 Å². The van der Waals surface area contributed by atoms with Gasteiger partial charge < -0.3 is 14.8 Å². The molecule has 0 bridgehead atoms. The highest BCUT2D eigenvalue weighted by Gasteiger charge is 2.15. The fourth-order valence-electron chi connectivity index (χ4n) is 1.83. The average Bonchev–Trinajstić information content (AvgIpc) is 2.53. The molecule has 2 aromatic rings. The molecule has 0 saturated heterocycles. The van der Waals surface area contributed by atoms with Gasteiger partial charge >= 0.3 is 0 Å². The minimum absolute atomic E-state index is 0.0149. The predicted octanol–water partition coefficient (Wildman–Crippen LogP) is 4.55. The maximum absolute atomic E-state index is 13.9. The number of hydrogen-bond acceptors (Lipinski definition) is 3. The number of carbonyl (C=O) groups is 1. The van der Waals surface area contributed by atoms with Gasteiger partial charge in [-0.2, -0.15) is 0 Å². The molecule has 2 aromatic carbocycles. The minimum Gasteiger partial charge on any atom is -0.488 e. The number of halogens is 4. The normalized spacial score (nSPS) is 10.5. The molecule has 24 heavy (non-hydrogen) atoms. The molecule has 0 spiro atoms. The maximum Gasteiger partial charge on any atom is 0.257 e. The maximum atomic E-state index is 13.9. The van der Waals surface area contributed by atoms with Crippen LogP contribution in [0.15, 0.2) is 30.3 Å². The molecule has 128 valence electrons. The number of nitrogens with one attached hydrogen (secondary N) is 1. The van der Waals surface area contributed by atoms with Gasteiger partial charge in [-0.25, -0.2) is 8.78 Å². The molecule has 0 saturated carbocycles. The van der Waals surface area contributed by atoms with Crippen LogP contribution in [0.3, 0.4) is 0 Å². The molecule has 0 aliphatic heterocycles. The minimum atomic E-state index is -0.778. The lowest BCUT2D eigenvalue weighted by Crippen LogP contribution is -2.13. The summed E-state index contributed by atoms with van der Waals surface area (Å²) in [7, 11) is 1.50. The third kappa shape index (κ3) is 4.56. The van der Waals surface area contributed by atoms with E-state index in [0.29, 0.717) is 6.61 Å². The van der Waals surface area contributed by atoms with Gasteiger partial charge in [-0.15, -0.1) is 0 Å². The van der Waals surface area contributed by atoms with Crippen molar-refractivity contribution in [1.29, 1.82) is 0 Å². The molecule has 0 aliphatic rings. The summed E-state index contributed by atoms with van der Waals surface area (Å²) in [5, 5.41) is 2.22. The summed E-state index contributed by atoms with van der Waals surface area (Å²) in [6.07, 6.45) is 0. The van der Waals surface area contributed by atoms with Crippen molar-refractivity contribution in [2.75, 3.05) is 25.6 Å². The number of anilines is 1. The van der Waals surface area contributed by atoms with Gasteiger partial charge in [0.1, 0.15) is 12.4 Å². The molecule has 4 nitrogen and oxygen atoms in total. The Morgan fingerprint density at radius 1 is 1.08 bits per heavy atom. The molecule has 1 N–H and O–H groups in total. The lowest BCUT2D eigenvalue weighted by atomic mass is 10.2. The molecule has 0 fully saturated rings. The monoisotopic (exact) mass is 375 g/mol. The summed E-state index contributed by atoms with van der Waals surface area (Å²) in [5.41, 5.74) is 0.0578. The van der Waals surface area contributed by atoms with Gasteiger partial charge in [0.05, 0.1) is 22.2 Å². The zero-order chi connectivity index (χ0) is 17.7. The van der Waals surface area contributed by atoms with E-state index in [1.54, 1.807) is 0 Å². The van der Waals surface area contributed by atoms with E-state index in [2.05, 4.69) is 5.32 Å². The standard InChI is InChI=1S/C16H13Cl2F2NO3/c1-23-4-5-24-15-3-2-9(6-14(15)20)21-16(22)10-7-13(19)12(18)8-11(10)17/h2-3,6-8H,4-5H2,1H3,(H,21,22). The zero-order valence-electron chi connectivity index (χ0n) is 12.5. The van der Waals surface area contributed by atoms with Crippen LogP contribution in [0.1, 0.15) is 10.4 Å². The Kier molecular flexibility index (Phi) is 6.36.